The zero-order chi connectivity index (χ0) is 15.4. The first kappa shape index (κ1) is 14.1. The van der Waals surface area contributed by atoms with Gasteiger partial charge in [0, 0.05) is 18.4 Å². The number of nitrogens with zero attached hydrogens (tertiary/aromatic N) is 1. The standard InChI is InChI=1S/C17H21NO3/c1-16(2,15(20)21)18(3)14(19)13-10-17(13)9-8-11-6-4-5-7-12(11)17/h4-7,13H,8-10H2,1-3H3,(H,20,21). The van der Waals surface area contributed by atoms with Crippen molar-refractivity contribution in [2.75, 3.05) is 7.05 Å². The van der Waals surface area contributed by atoms with Crippen LogP contribution in [0.1, 0.15) is 37.8 Å². The third kappa shape index (κ3) is 1.88. The Morgan fingerprint density at radius 1 is 1.33 bits per heavy atom. The van der Waals surface area contributed by atoms with E-state index < -0.39 is 11.5 Å². The van der Waals surface area contributed by atoms with E-state index in [1.165, 1.54) is 16.0 Å². The minimum absolute atomic E-state index is 0.0312. The van der Waals surface area contributed by atoms with E-state index in [-0.39, 0.29) is 17.2 Å². The van der Waals surface area contributed by atoms with Gasteiger partial charge in [-0.15, -0.1) is 0 Å². The molecule has 0 aliphatic heterocycles. The number of amides is 1. The largest absolute Gasteiger partial charge is 0.480 e. The summed E-state index contributed by atoms with van der Waals surface area (Å²) >= 11 is 0. The Morgan fingerprint density at radius 3 is 2.67 bits per heavy atom. The third-order valence-corrected chi connectivity index (χ3v) is 5.46. The number of benzene rings is 1. The van der Waals surface area contributed by atoms with E-state index in [0.29, 0.717) is 0 Å². The lowest BCUT2D eigenvalue weighted by Crippen LogP contribution is -2.51. The van der Waals surface area contributed by atoms with E-state index in [0.717, 1.165) is 19.3 Å². The molecule has 1 spiro atoms. The summed E-state index contributed by atoms with van der Waals surface area (Å²) in [6.07, 6.45) is 2.87. The van der Waals surface area contributed by atoms with E-state index in [2.05, 4.69) is 12.1 Å². The van der Waals surface area contributed by atoms with Gasteiger partial charge < -0.3 is 10.0 Å². The Bertz CT molecular complexity index is 622. The molecule has 2 aliphatic carbocycles. The topological polar surface area (TPSA) is 57.6 Å². The lowest BCUT2D eigenvalue weighted by atomic mass is 9.94. The molecule has 0 bridgehead atoms. The zero-order valence-corrected chi connectivity index (χ0v) is 12.7. The third-order valence-electron chi connectivity index (χ3n) is 5.46. The smallest absolute Gasteiger partial charge is 0.329 e. The van der Waals surface area contributed by atoms with Gasteiger partial charge in [-0.3, -0.25) is 4.79 Å². The summed E-state index contributed by atoms with van der Waals surface area (Å²) in [6.45, 7) is 3.15. The number of fused-ring (bicyclic) bond motifs is 2. The van der Waals surface area contributed by atoms with Crippen molar-refractivity contribution >= 4 is 11.9 Å². The second-order valence-corrected chi connectivity index (χ2v) is 6.83. The molecule has 0 aromatic heterocycles. The van der Waals surface area contributed by atoms with Crippen LogP contribution in [0.3, 0.4) is 0 Å². The molecule has 1 saturated carbocycles. The maximum Gasteiger partial charge on any atom is 0.329 e. The molecule has 2 aliphatic rings. The predicted molar refractivity (Wildman–Crippen MR) is 79.0 cm³/mol. The summed E-state index contributed by atoms with van der Waals surface area (Å²) in [5.41, 5.74) is 1.44. The van der Waals surface area contributed by atoms with Crippen LogP contribution >= 0.6 is 0 Å². The Hall–Kier alpha value is -1.84. The minimum atomic E-state index is -1.17. The van der Waals surface area contributed by atoms with Gasteiger partial charge >= 0.3 is 5.97 Å². The number of hydrogen-bond donors (Lipinski definition) is 1. The van der Waals surface area contributed by atoms with Gasteiger partial charge in [0.15, 0.2) is 0 Å². The van der Waals surface area contributed by atoms with Crippen LogP contribution in [0.2, 0.25) is 0 Å². The fourth-order valence-electron chi connectivity index (χ4n) is 3.57. The maximum absolute atomic E-state index is 12.7. The number of aryl methyl sites for hydroxylation is 1. The molecule has 2 atom stereocenters. The number of carbonyl (C=O) groups excluding carboxylic acids is 1. The zero-order valence-electron chi connectivity index (χ0n) is 12.7. The van der Waals surface area contributed by atoms with Crippen molar-refractivity contribution in [3.05, 3.63) is 35.4 Å². The molecular formula is C17H21NO3. The van der Waals surface area contributed by atoms with Crippen LogP contribution < -0.4 is 0 Å². The summed E-state index contributed by atoms with van der Waals surface area (Å²) in [6, 6.07) is 8.32. The normalized spacial score (nSPS) is 26.5. The van der Waals surface area contributed by atoms with E-state index in [9.17, 15) is 14.7 Å². The molecule has 2 unspecified atom stereocenters. The van der Waals surface area contributed by atoms with Gasteiger partial charge in [-0.25, -0.2) is 4.79 Å². The van der Waals surface area contributed by atoms with Crippen LogP contribution in [-0.2, 0) is 21.4 Å². The number of carboxylic acid groups (broad SMARTS) is 1. The highest BCUT2D eigenvalue weighted by molar-refractivity contribution is 5.90. The number of carbonyl (C=O) groups is 2. The van der Waals surface area contributed by atoms with Gasteiger partial charge in [-0.1, -0.05) is 24.3 Å². The molecule has 1 fully saturated rings. The summed E-state index contributed by atoms with van der Waals surface area (Å²) < 4.78 is 0. The molecule has 0 radical (unpaired) electrons. The van der Waals surface area contributed by atoms with Crippen LogP contribution in [0, 0.1) is 5.92 Å². The van der Waals surface area contributed by atoms with Crippen molar-refractivity contribution < 1.29 is 14.7 Å². The molecule has 0 heterocycles. The first-order valence-electron chi connectivity index (χ1n) is 7.40. The highest BCUT2D eigenvalue weighted by Gasteiger charge is 2.62. The first-order valence-corrected chi connectivity index (χ1v) is 7.40. The highest BCUT2D eigenvalue weighted by atomic mass is 16.4. The molecule has 1 amide bonds. The highest BCUT2D eigenvalue weighted by Crippen LogP contribution is 2.62. The number of rotatable bonds is 3. The van der Waals surface area contributed by atoms with E-state index in [1.807, 2.05) is 12.1 Å². The second-order valence-electron chi connectivity index (χ2n) is 6.83. The molecule has 0 saturated heterocycles. The molecule has 3 rings (SSSR count). The van der Waals surface area contributed by atoms with Gasteiger partial charge in [0.05, 0.1) is 0 Å². The Kier molecular flexibility index (Phi) is 2.91. The fourth-order valence-corrected chi connectivity index (χ4v) is 3.57. The van der Waals surface area contributed by atoms with Crippen molar-refractivity contribution in [3.8, 4) is 0 Å². The van der Waals surface area contributed by atoms with Gasteiger partial charge in [-0.2, -0.15) is 0 Å². The Morgan fingerprint density at radius 2 is 2.00 bits per heavy atom. The molecule has 21 heavy (non-hydrogen) atoms. The molecule has 1 aromatic rings. The number of hydrogen-bond acceptors (Lipinski definition) is 2. The van der Waals surface area contributed by atoms with Gasteiger partial charge in [0.2, 0.25) is 5.91 Å². The van der Waals surface area contributed by atoms with Crippen LogP contribution in [0.15, 0.2) is 24.3 Å². The average Bonchev–Trinajstić information content (AvgIpc) is 3.07. The van der Waals surface area contributed by atoms with Crippen LogP contribution in [0.4, 0.5) is 0 Å². The van der Waals surface area contributed by atoms with Crippen molar-refractivity contribution in [1.29, 1.82) is 0 Å². The van der Waals surface area contributed by atoms with Gasteiger partial charge in [0.1, 0.15) is 5.54 Å². The van der Waals surface area contributed by atoms with E-state index >= 15 is 0 Å². The fraction of sp³-hybridized carbons (Fsp3) is 0.529. The quantitative estimate of drug-likeness (QED) is 0.927. The second kappa shape index (κ2) is 4.33. The number of carboxylic acids is 1. The van der Waals surface area contributed by atoms with Crippen LogP contribution in [0.25, 0.3) is 0 Å². The van der Waals surface area contributed by atoms with Gasteiger partial charge in [-0.05, 0) is 44.2 Å². The van der Waals surface area contributed by atoms with E-state index in [1.54, 1.807) is 20.9 Å². The Balaban J connectivity index is 1.83. The summed E-state index contributed by atoms with van der Waals surface area (Å²) in [7, 11) is 1.60. The SMILES string of the molecule is CN(C(=O)C1CC12CCc1ccccc12)C(C)(C)C(=O)O. The van der Waals surface area contributed by atoms with Gasteiger partial charge in [0.25, 0.3) is 0 Å². The molecular weight excluding hydrogens is 266 g/mol. The summed E-state index contributed by atoms with van der Waals surface area (Å²) in [5, 5.41) is 9.28. The van der Waals surface area contributed by atoms with Crippen molar-refractivity contribution in [1.82, 2.24) is 4.90 Å². The monoisotopic (exact) mass is 287 g/mol. The molecule has 4 nitrogen and oxygen atoms in total. The Labute approximate surface area is 124 Å². The first-order chi connectivity index (χ1) is 9.80. The molecule has 112 valence electrons. The minimum Gasteiger partial charge on any atom is -0.480 e. The lowest BCUT2D eigenvalue weighted by Gasteiger charge is -2.32. The van der Waals surface area contributed by atoms with Crippen LogP contribution in [-0.4, -0.2) is 34.5 Å². The van der Waals surface area contributed by atoms with Crippen molar-refractivity contribution in [2.45, 2.75) is 44.1 Å². The predicted octanol–water partition coefficient (Wildman–Crippen LogP) is 2.21. The maximum atomic E-state index is 12.7. The molecule has 1 N–H and O–H groups in total. The number of likely N-dealkylation sites (N-methyl/N-ethyl adjacent to an activating group) is 1. The lowest BCUT2D eigenvalue weighted by molar-refractivity contribution is -0.156. The molecule has 4 heteroatoms. The average molecular weight is 287 g/mol. The van der Waals surface area contributed by atoms with Crippen LogP contribution in [0.5, 0.6) is 0 Å². The summed E-state index contributed by atoms with van der Waals surface area (Å²) in [4.78, 5) is 25.4. The van der Waals surface area contributed by atoms with E-state index in [4.69, 9.17) is 0 Å². The molecule has 1 aromatic carbocycles. The summed E-state index contributed by atoms with van der Waals surface area (Å²) in [5.74, 6) is -1.08. The van der Waals surface area contributed by atoms with Crippen molar-refractivity contribution in [2.24, 2.45) is 5.92 Å². The number of aliphatic carboxylic acids is 1. The van der Waals surface area contributed by atoms with Crippen molar-refractivity contribution in [3.63, 3.8) is 0 Å².